The molecule has 1 N–H and O–H groups in total. The summed E-state index contributed by atoms with van der Waals surface area (Å²) in [5, 5.41) is 22.4. The topological polar surface area (TPSA) is 66.6 Å². The number of likely N-dealkylation sites (tertiary alicyclic amines) is 1. The average molecular weight is 423 g/mol. The van der Waals surface area contributed by atoms with E-state index in [-0.39, 0.29) is 16.5 Å². The van der Waals surface area contributed by atoms with Crippen molar-refractivity contribution in [1.82, 2.24) is 4.90 Å². The highest BCUT2D eigenvalue weighted by Crippen LogP contribution is 2.38. The number of nitrogens with zero attached hydrogens (tertiary/aromatic N) is 2. The van der Waals surface area contributed by atoms with E-state index in [0.29, 0.717) is 17.9 Å². The summed E-state index contributed by atoms with van der Waals surface area (Å²) in [6, 6.07) is 16.1. The van der Waals surface area contributed by atoms with Gasteiger partial charge in [-0.25, -0.2) is 0 Å². The van der Waals surface area contributed by atoms with Gasteiger partial charge in [0.05, 0.1) is 11.0 Å². The van der Waals surface area contributed by atoms with Gasteiger partial charge in [0.2, 0.25) is 0 Å². The Balaban J connectivity index is 1.33. The molecule has 1 unspecified atom stereocenters. The van der Waals surface area contributed by atoms with Crippen molar-refractivity contribution in [2.24, 2.45) is 0 Å². The van der Waals surface area contributed by atoms with E-state index in [9.17, 15) is 15.2 Å². The van der Waals surface area contributed by atoms with Gasteiger partial charge in [0.1, 0.15) is 0 Å². The molecule has 0 bridgehead atoms. The number of aliphatic hydroxyl groups is 1. The molecule has 1 atom stereocenters. The van der Waals surface area contributed by atoms with Gasteiger partial charge in [-0.15, -0.1) is 0 Å². The van der Waals surface area contributed by atoms with E-state index in [1.807, 2.05) is 12.1 Å². The van der Waals surface area contributed by atoms with Crippen molar-refractivity contribution in [1.29, 1.82) is 0 Å². The molecule has 1 saturated heterocycles. The van der Waals surface area contributed by atoms with Gasteiger partial charge in [0, 0.05) is 18.2 Å². The summed E-state index contributed by atoms with van der Waals surface area (Å²) >= 11 is 0. The molecule has 0 aromatic heterocycles. The molecule has 5 heteroatoms. The Morgan fingerprint density at radius 1 is 0.968 bits per heavy atom. The molecule has 5 nitrogen and oxygen atoms in total. The van der Waals surface area contributed by atoms with Crippen molar-refractivity contribution >= 4 is 5.69 Å². The fourth-order valence-electron chi connectivity index (χ4n) is 5.37. The van der Waals surface area contributed by atoms with E-state index < -0.39 is 6.10 Å². The summed E-state index contributed by atoms with van der Waals surface area (Å²) in [5.41, 5.74) is 3.13. The van der Waals surface area contributed by atoms with Crippen molar-refractivity contribution in [2.45, 2.75) is 69.3 Å². The summed E-state index contributed by atoms with van der Waals surface area (Å²) in [6.45, 7) is 2.89. The van der Waals surface area contributed by atoms with E-state index in [0.717, 1.165) is 63.7 Å². The molecule has 166 valence electrons. The molecule has 0 spiro atoms. The van der Waals surface area contributed by atoms with Crippen LogP contribution in [0.2, 0.25) is 0 Å². The first-order chi connectivity index (χ1) is 15.1. The van der Waals surface area contributed by atoms with Crippen LogP contribution in [-0.4, -0.2) is 34.6 Å². The zero-order chi connectivity index (χ0) is 21.6. The normalized spacial score (nSPS) is 19.9. The second-order valence-corrected chi connectivity index (χ2v) is 9.24. The fraction of sp³-hybridized carbons (Fsp3) is 0.538. The minimum absolute atomic E-state index is 0.187. The van der Waals surface area contributed by atoms with Crippen molar-refractivity contribution in [3.8, 4) is 0 Å². The third-order valence-electron chi connectivity index (χ3n) is 7.26. The highest BCUT2D eigenvalue weighted by atomic mass is 16.6. The third-order valence-corrected chi connectivity index (χ3v) is 7.26. The van der Waals surface area contributed by atoms with E-state index in [4.69, 9.17) is 0 Å². The molecule has 2 aromatic carbocycles. The van der Waals surface area contributed by atoms with Crippen LogP contribution in [0.5, 0.6) is 0 Å². The van der Waals surface area contributed by atoms with Crippen molar-refractivity contribution < 1.29 is 10.0 Å². The Morgan fingerprint density at radius 3 is 2.35 bits per heavy atom. The first-order valence-electron chi connectivity index (χ1n) is 11.9. The third kappa shape index (κ3) is 5.52. The predicted molar refractivity (Wildman–Crippen MR) is 123 cm³/mol. The van der Waals surface area contributed by atoms with Gasteiger partial charge in [0.15, 0.2) is 0 Å². The fourth-order valence-corrected chi connectivity index (χ4v) is 5.37. The smallest absolute Gasteiger partial charge is 0.273 e. The van der Waals surface area contributed by atoms with Crippen molar-refractivity contribution in [2.75, 3.05) is 19.6 Å². The van der Waals surface area contributed by atoms with Crippen LogP contribution in [0.4, 0.5) is 5.69 Å². The van der Waals surface area contributed by atoms with Crippen LogP contribution in [0.3, 0.4) is 0 Å². The Kier molecular flexibility index (Phi) is 7.36. The molecule has 1 aliphatic heterocycles. The average Bonchev–Trinajstić information content (AvgIpc) is 2.83. The quantitative estimate of drug-likeness (QED) is 0.442. The largest absolute Gasteiger partial charge is 0.388 e. The van der Waals surface area contributed by atoms with E-state index in [1.165, 1.54) is 12.0 Å². The number of rotatable bonds is 7. The molecular weight excluding hydrogens is 388 g/mol. The second-order valence-electron chi connectivity index (χ2n) is 9.24. The molecule has 2 fully saturated rings. The van der Waals surface area contributed by atoms with Crippen molar-refractivity contribution in [3.05, 3.63) is 75.3 Å². The Morgan fingerprint density at radius 2 is 1.68 bits per heavy atom. The molecule has 4 rings (SSSR count). The van der Waals surface area contributed by atoms with Gasteiger partial charge < -0.3 is 10.0 Å². The lowest BCUT2D eigenvalue weighted by atomic mass is 9.83. The van der Waals surface area contributed by atoms with Crippen LogP contribution in [0, 0.1) is 10.1 Å². The lowest BCUT2D eigenvalue weighted by molar-refractivity contribution is -0.385. The summed E-state index contributed by atoms with van der Waals surface area (Å²) in [5.74, 6) is 0.906. The number of piperidine rings is 1. The highest BCUT2D eigenvalue weighted by molar-refractivity contribution is 5.46. The SMILES string of the molecule is O=[N+]([O-])c1cc(C(O)CCN2CCC(c3ccccc3)CC2)ccc1C1CCCCC1. The number of hydrogen-bond donors (Lipinski definition) is 1. The second kappa shape index (κ2) is 10.4. The monoisotopic (exact) mass is 422 g/mol. The van der Waals surface area contributed by atoms with Gasteiger partial charge >= 0.3 is 0 Å². The number of nitro groups is 1. The molecule has 31 heavy (non-hydrogen) atoms. The maximum atomic E-state index is 11.7. The van der Waals surface area contributed by atoms with E-state index in [2.05, 4.69) is 35.2 Å². The minimum atomic E-state index is -0.661. The van der Waals surface area contributed by atoms with Crippen molar-refractivity contribution in [3.63, 3.8) is 0 Å². The number of hydrogen-bond acceptors (Lipinski definition) is 4. The van der Waals surface area contributed by atoms with E-state index in [1.54, 1.807) is 6.07 Å². The first kappa shape index (κ1) is 22.0. The number of nitro benzene ring substituents is 1. The molecule has 2 aromatic rings. The molecule has 1 heterocycles. The number of aliphatic hydroxyl groups excluding tert-OH is 1. The standard InChI is InChI=1S/C26H34N2O3/c29-26(15-18-27-16-13-21(14-17-27)20-7-3-1-4-8-20)23-11-12-24(25(19-23)28(30)31)22-9-5-2-6-10-22/h1,3-4,7-8,11-12,19,21-22,26,29H,2,5-6,9-10,13-18H2. The summed E-state index contributed by atoms with van der Waals surface area (Å²) in [7, 11) is 0. The van der Waals surface area contributed by atoms with E-state index >= 15 is 0 Å². The molecule has 0 amide bonds. The Labute approximate surface area is 185 Å². The summed E-state index contributed by atoms with van der Waals surface area (Å²) < 4.78 is 0. The van der Waals surface area contributed by atoms with Crippen LogP contribution in [0.25, 0.3) is 0 Å². The zero-order valence-electron chi connectivity index (χ0n) is 18.3. The molecule has 1 saturated carbocycles. The van der Waals surface area contributed by atoms with Gasteiger partial charge in [0.25, 0.3) is 5.69 Å². The summed E-state index contributed by atoms with van der Waals surface area (Å²) in [6.07, 6.45) is 7.80. The van der Waals surface area contributed by atoms with Gasteiger partial charge in [-0.3, -0.25) is 10.1 Å². The van der Waals surface area contributed by atoms with Gasteiger partial charge in [-0.2, -0.15) is 0 Å². The summed E-state index contributed by atoms with van der Waals surface area (Å²) in [4.78, 5) is 13.8. The zero-order valence-corrected chi connectivity index (χ0v) is 18.3. The van der Waals surface area contributed by atoms with Crippen LogP contribution >= 0.6 is 0 Å². The maximum absolute atomic E-state index is 11.7. The molecule has 1 aliphatic carbocycles. The molecule has 0 radical (unpaired) electrons. The van der Waals surface area contributed by atoms with Gasteiger partial charge in [-0.05, 0) is 68.2 Å². The maximum Gasteiger partial charge on any atom is 0.273 e. The van der Waals surface area contributed by atoms with Crippen LogP contribution < -0.4 is 0 Å². The Hall–Kier alpha value is -2.24. The molecule has 2 aliphatic rings. The van der Waals surface area contributed by atoms with Gasteiger partial charge in [-0.1, -0.05) is 61.7 Å². The van der Waals surface area contributed by atoms with Crippen LogP contribution in [-0.2, 0) is 0 Å². The Bertz CT molecular complexity index is 856. The van der Waals surface area contributed by atoms with Crippen LogP contribution in [0.1, 0.15) is 86.0 Å². The number of benzene rings is 2. The lowest BCUT2D eigenvalue weighted by Crippen LogP contribution is -2.34. The first-order valence-corrected chi connectivity index (χ1v) is 11.9. The molecular formula is C26H34N2O3. The lowest BCUT2D eigenvalue weighted by Gasteiger charge is -2.32. The predicted octanol–water partition coefficient (Wildman–Crippen LogP) is 5.95. The minimum Gasteiger partial charge on any atom is -0.388 e. The van der Waals surface area contributed by atoms with Crippen LogP contribution in [0.15, 0.2) is 48.5 Å². The highest BCUT2D eigenvalue weighted by Gasteiger charge is 2.26.